The summed E-state index contributed by atoms with van der Waals surface area (Å²) in [6.45, 7) is 4.54. The maximum absolute atomic E-state index is 12.7. The van der Waals surface area contributed by atoms with E-state index in [4.69, 9.17) is 9.47 Å². The van der Waals surface area contributed by atoms with E-state index in [2.05, 4.69) is 10.3 Å². The van der Waals surface area contributed by atoms with Gasteiger partial charge in [0.25, 0.3) is 5.91 Å². The number of nitrogens with zero attached hydrogens (tertiary/aromatic N) is 3. The first-order chi connectivity index (χ1) is 14.1. The number of hydrogen-bond donors (Lipinski definition) is 1. The van der Waals surface area contributed by atoms with Gasteiger partial charge in [0.15, 0.2) is 0 Å². The molecule has 0 aliphatic carbocycles. The van der Waals surface area contributed by atoms with Gasteiger partial charge >= 0.3 is 0 Å². The average Bonchev–Trinajstić information content (AvgIpc) is 3.21. The Hall–Kier alpha value is -2.87. The fourth-order valence-electron chi connectivity index (χ4n) is 3.42. The van der Waals surface area contributed by atoms with Crippen LogP contribution < -0.4 is 10.1 Å². The standard InChI is InChI=1S/C21H28N4O4/c1-3-24-13-10-22-19(24)14-23-21(27)17-6-4-5-7-18(17)29-16-8-11-25(12-9-16)20(26)15-28-2/h4-7,10,13,16H,3,8-9,11-12,14-15H2,1-2H3,(H,23,27). The number of methoxy groups -OCH3 is 1. The number of carbonyl (C=O) groups is 2. The lowest BCUT2D eigenvalue weighted by Crippen LogP contribution is -2.43. The molecule has 0 bridgehead atoms. The van der Waals surface area contributed by atoms with Crippen molar-refractivity contribution >= 4 is 11.8 Å². The zero-order valence-corrected chi connectivity index (χ0v) is 17.0. The van der Waals surface area contributed by atoms with E-state index in [0.717, 1.165) is 25.2 Å². The van der Waals surface area contributed by atoms with Gasteiger partial charge in [0.05, 0.1) is 12.1 Å². The molecule has 8 heteroatoms. The van der Waals surface area contributed by atoms with Crippen molar-refractivity contribution < 1.29 is 19.1 Å². The molecule has 0 atom stereocenters. The Bertz CT molecular complexity index is 828. The van der Waals surface area contributed by atoms with Gasteiger partial charge in [-0.25, -0.2) is 4.98 Å². The summed E-state index contributed by atoms with van der Waals surface area (Å²) in [7, 11) is 1.52. The number of likely N-dealkylation sites (tertiary alicyclic amines) is 1. The van der Waals surface area contributed by atoms with E-state index in [1.807, 2.05) is 35.9 Å². The van der Waals surface area contributed by atoms with Gasteiger partial charge in [-0.15, -0.1) is 0 Å². The molecule has 1 fully saturated rings. The second-order valence-electron chi connectivity index (χ2n) is 6.94. The number of rotatable bonds is 8. The van der Waals surface area contributed by atoms with Crippen molar-refractivity contribution in [2.45, 2.75) is 39.0 Å². The summed E-state index contributed by atoms with van der Waals surface area (Å²) >= 11 is 0. The molecule has 1 aromatic heterocycles. The van der Waals surface area contributed by atoms with Crippen molar-refractivity contribution in [1.82, 2.24) is 19.8 Å². The summed E-state index contributed by atoms with van der Waals surface area (Å²) in [5.41, 5.74) is 0.500. The number of hydrogen-bond acceptors (Lipinski definition) is 5. The molecule has 156 valence electrons. The minimum atomic E-state index is -0.195. The third-order valence-corrected chi connectivity index (χ3v) is 5.04. The highest BCUT2D eigenvalue weighted by Gasteiger charge is 2.25. The molecule has 1 aromatic carbocycles. The quantitative estimate of drug-likeness (QED) is 0.731. The van der Waals surface area contributed by atoms with Crippen LogP contribution >= 0.6 is 0 Å². The highest BCUT2D eigenvalue weighted by Crippen LogP contribution is 2.23. The third kappa shape index (κ3) is 5.35. The monoisotopic (exact) mass is 400 g/mol. The van der Waals surface area contributed by atoms with E-state index in [1.165, 1.54) is 7.11 Å². The normalized spacial score (nSPS) is 14.6. The van der Waals surface area contributed by atoms with Crippen molar-refractivity contribution in [3.63, 3.8) is 0 Å². The van der Waals surface area contributed by atoms with Crippen molar-refractivity contribution in [2.24, 2.45) is 0 Å². The van der Waals surface area contributed by atoms with Crippen LogP contribution in [0, 0.1) is 0 Å². The lowest BCUT2D eigenvalue weighted by Gasteiger charge is -2.32. The zero-order chi connectivity index (χ0) is 20.6. The van der Waals surface area contributed by atoms with Gasteiger partial charge in [-0.2, -0.15) is 0 Å². The van der Waals surface area contributed by atoms with Gasteiger partial charge in [-0.05, 0) is 19.1 Å². The molecule has 29 heavy (non-hydrogen) atoms. The predicted molar refractivity (Wildman–Crippen MR) is 108 cm³/mol. The van der Waals surface area contributed by atoms with Crippen LogP contribution in [0.2, 0.25) is 0 Å². The van der Waals surface area contributed by atoms with E-state index in [9.17, 15) is 9.59 Å². The Balaban J connectivity index is 1.58. The number of imidazole rings is 1. The topological polar surface area (TPSA) is 85.7 Å². The first-order valence-electron chi connectivity index (χ1n) is 9.93. The number of aromatic nitrogens is 2. The Morgan fingerprint density at radius 3 is 2.72 bits per heavy atom. The van der Waals surface area contributed by atoms with E-state index < -0.39 is 0 Å². The van der Waals surface area contributed by atoms with E-state index in [0.29, 0.717) is 30.9 Å². The van der Waals surface area contributed by atoms with Crippen molar-refractivity contribution in [2.75, 3.05) is 26.8 Å². The molecule has 0 unspecified atom stereocenters. The van der Waals surface area contributed by atoms with Gasteiger partial charge in [0.2, 0.25) is 5.91 Å². The molecule has 1 aliphatic heterocycles. The van der Waals surface area contributed by atoms with E-state index in [-0.39, 0.29) is 24.5 Å². The number of carbonyl (C=O) groups excluding carboxylic acids is 2. The van der Waals surface area contributed by atoms with Gasteiger partial charge in [0.1, 0.15) is 24.3 Å². The number of piperidine rings is 1. The number of aryl methyl sites for hydroxylation is 1. The first kappa shape index (κ1) is 20.9. The van der Waals surface area contributed by atoms with Crippen LogP contribution in [0.15, 0.2) is 36.7 Å². The van der Waals surface area contributed by atoms with Crippen LogP contribution in [0.5, 0.6) is 5.75 Å². The molecule has 8 nitrogen and oxygen atoms in total. The molecular weight excluding hydrogens is 372 g/mol. The molecule has 0 saturated carbocycles. The number of para-hydroxylation sites is 1. The Morgan fingerprint density at radius 1 is 1.24 bits per heavy atom. The summed E-state index contributed by atoms with van der Waals surface area (Å²) in [5, 5.41) is 2.92. The minimum absolute atomic E-state index is 0.00355. The van der Waals surface area contributed by atoms with Crippen LogP contribution in [0.25, 0.3) is 0 Å². The molecular formula is C21H28N4O4. The maximum atomic E-state index is 12.7. The van der Waals surface area contributed by atoms with Crippen LogP contribution in [0.3, 0.4) is 0 Å². The first-order valence-corrected chi connectivity index (χ1v) is 9.93. The van der Waals surface area contributed by atoms with Crippen molar-refractivity contribution in [3.05, 3.63) is 48.0 Å². The predicted octanol–water partition coefficient (Wildman–Crippen LogP) is 1.85. The second-order valence-corrected chi connectivity index (χ2v) is 6.94. The van der Waals surface area contributed by atoms with Gasteiger partial charge in [-0.3, -0.25) is 9.59 Å². The van der Waals surface area contributed by atoms with Gasteiger partial charge in [-0.1, -0.05) is 12.1 Å². The smallest absolute Gasteiger partial charge is 0.255 e. The molecule has 1 saturated heterocycles. The highest BCUT2D eigenvalue weighted by atomic mass is 16.5. The molecule has 2 amide bonds. The lowest BCUT2D eigenvalue weighted by molar-refractivity contribution is -0.136. The summed E-state index contributed by atoms with van der Waals surface area (Å²) < 4.78 is 13.0. The minimum Gasteiger partial charge on any atom is -0.489 e. The lowest BCUT2D eigenvalue weighted by atomic mass is 10.1. The van der Waals surface area contributed by atoms with E-state index >= 15 is 0 Å². The van der Waals surface area contributed by atoms with Gasteiger partial charge in [0, 0.05) is 52.0 Å². The van der Waals surface area contributed by atoms with Crippen LogP contribution in [0.4, 0.5) is 0 Å². The average molecular weight is 400 g/mol. The molecule has 1 aliphatic rings. The Kier molecular flexibility index (Phi) is 7.24. The van der Waals surface area contributed by atoms with Crippen LogP contribution in [-0.4, -0.2) is 59.2 Å². The van der Waals surface area contributed by atoms with Crippen molar-refractivity contribution in [1.29, 1.82) is 0 Å². The Morgan fingerprint density at radius 2 is 2.00 bits per heavy atom. The second kappa shape index (κ2) is 10.1. The highest BCUT2D eigenvalue weighted by molar-refractivity contribution is 5.96. The third-order valence-electron chi connectivity index (χ3n) is 5.04. The molecule has 0 spiro atoms. The van der Waals surface area contributed by atoms with Gasteiger partial charge < -0.3 is 24.3 Å². The molecule has 1 N–H and O–H groups in total. The summed E-state index contributed by atoms with van der Waals surface area (Å²) in [4.78, 5) is 30.7. The number of ether oxygens (including phenoxy) is 2. The zero-order valence-electron chi connectivity index (χ0n) is 17.0. The summed E-state index contributed by atoms with van der Waals surface area (Å²) in [6.07, 6.45) is 5.03. The van der Waals surface area contributed by atoms with Crippen LogP contribution in [0.1, 0.15) is 35.9 Å². The fourth-order valence-corrected chi connectivity index (χ4v) is 3.42. The molecule has 0 radical (unpaired) electrons. The summed E-state index contributed by atoms with van der Waals surface area (Å²) in [5.74, 6) is 1.17. The Labute approximate surface area is 170 Å². The van der Waals surface area contributed by atoms with E-state index in [1.54, 1.807) is 17.2 Å². The number of benzene rings is 1. The maximum Gasteiger partial charge on any atom is 0.255 e. The summed E-state index contributed by atoms with van der Waals surface area (Å²) in [6, 6.07) is 7.24. The largest absolute Gasteiger partial charge is 0.489 e. The van der Waals surface area contributed by atoms with Crippen molar-refractivity contribution in [3.8, 4) is 5.75 Å². The molecule has 2 aromatic rings. The molecule has 3 rings (SSSR count). The number of amides is 2. The fraction of sp³-hybridized carbons (Fsp3) is 0.476. The SMILES string of the molecule is CCn1ccnc1CNC(=O)c1ccccc1OC1CCN(C(=O)COC)CC1. The number of nitrogens with one attached hydrogen (secondary N) is 1. The van der Waals surface area contributed by atoms with Crippen LogP contribution in [-0.2, 0) is 22.6 Å². The molecule has 2 heterocycles.